The largest absolute Gasteiger partial charge is 0.495 e. The van der Waals surface area contributed by atoms with E-state index in [-0.39, 0.29) is 9.70 Å². The van der Waals surface area contributed by atoms with Gasteiger partial charge < -0.3 is 14.0 Å². The smallest absolute Gasteiger partial charge is 0.285 e. The Labute approximate surface area is 154 Å². The molecule has 0 radical (unpaired) electrons. The highest BCUT2D eigenvalue weighted by Gasteiger charge is 2.18. The standard InChI is InChI=1S/C17H17FN2O4S2/c1-4-20-15-13(23-2)9-10-14(24-3)16(15)25-17(20)19-26(21,22)12-7-5-11(18)6-8-12/h5-10H,4H2,1-3H3. The average Bonchev–Trinajstić information content (AvgIpc) is 2.98. The second-order valence-electron chi connectivity index (χ2n) is 5.30. The minimum Gasteiger partial charge on any atom is -0.495 e. The number of aromatic nitrogens is 1. The molecule has 0 atom stereocenters. The first-order valence-electron chi connectivity index (χ1n) is 7.72. The molecule has 9 heteroatoms. The summed E-state index contributed by atoms with van der Waals surface area (Å²) in [6, 6.07) is 8.09. The van der Waals surface area contributed by atoms with Crippen LogP contribution in [-0.2, 0) is 16.6 Å². The fourth-order valence-corrected chi connectivity index (χ4v) is 4.99. The summed E-state index contributed by atoms with van der Waals surface area (Å²) in [4.78, 5) is 0.215. The first-order chi connectivity index (χ1) is 12.4. The fraction of sp³-hybridized carbons (Fsp3) is 0.235. The zero-order valence-electron chi connectivity index (χ0n) is 14.4. The van der Waals surface area contributed by atoms with E-state index in [1.54, 1.807) is 30.9 Å². The summed E-state index contributed by atoms with van der Waals surface area (Å²) in [5.74, 6) is 0.692. The van der Waals surface area contributed by atoms with Crippen LogP contribution in [0.3, 0.4) is 0 Å². The van der Waals surface area contributed by atoms with E-state index in [9.17, 15) is 12.8 Å². The number of thiazole rings is 1. The molecule has 0 fully saturated rings. The first-order valence-corrected chi connectivity index (χ1v) is 9.97. The third kappa shape index (κ3) is 3.19. The Bertz CT molecular complexity index is 1120. The lowest BCUT2D eigenvalue weighted by Gasteiger charge is -2.08. The number of halogens is 1. The number of nitrogens with zero attached hydrogens (tertiary/aromatic N) is 2. The van der Waals surface area contributed by atoms with E-state index in [1.807, 2.05) is 6.92 Å². The maximum atomic E-state index is 13.1. The second kappa shape index (κ2) is 7.08. The van der Waals surface area contributed by atoms with E-state index >= 15 is 0 Å². The van der Waals surface area contributed by atoms with Gasteiger partial charge in [-0.15, -0.1) is 4.40 Å². The van der Waals surface area contributed by atoms with Crippen LogP contribution in [0.25, 0.3) is 10.2 Å². The van der Waals surface area contributed by atoms with E-state index in [0.717, 1.165) is 16.8 Å². The Hall–Kier alpha value is -2.39. The molecule has 138 valence electrons. The van der Waals surface area contributed by atoms with Gasteiger partial charge in [-0.3, -0.25) is 0 Å². The fourth-order valence-electron chi connectivity index (χ4n) is 2.58. The van der Waals surface area contributed by atoms with Gasteiger partial charge in [-0.05, 0) is 43.3 Å². The predicted octanol–water partition coefficient (Wildman–Crippen LogP) is 3.17. The van der Waals surface area contributed by atoms with Crippen LogP contribution in [0.4, 0.5) is 4.39 Å². The van der Waals surface area contributed by atoms with Gasteiger partial charge in [0.05, 0.1) is 19.1 Å². The lowest BCUT2D eigenvalue weighted by molar-refractivity contribution is 0.409. The minimum atomic E-state index is -3.98. The van der Waals surface area contributed by atoms with Crippen molar-refractivity contribution in [3.63, 3.8) is 0 Å². The molecule has 0 saturated carbocycles. The van der Waals surface area contributed by atoms with Gasteiger partial charge in [-0.2, -0.15) is 8.42 Å². The van der Waals surface area contributed by atoms with Gasteiger partial charge in [-0.25, -0.2) is 4.39 Å². The highest BCUT2D eigenvalue weighted by molar-refractivity contribution is 7.90. The van der Waals surface area contributed by atoms with E-state index in [1.165, 1.54) is 23.5 Å². The van der Waals surface area contributed by atoms with Crippen molar-refractivity contribution in [3.05, 3.63) is 47.0 Å². The molecule has 1 aromatic heterocycles. The molecule has 6 nitrogen and oxygen atoms in total. The number of rotatable bonds is 5. The summed E-state index contributed by atoms with van der Waals surface area (Å²) in [6.07, 6.45) is 0. The minimum absolute atomic E-state index is 0.0714. The van der Waals surface area contributed by atoms with E-state index in [0.29, 0.717) is 23.6 Å². The SMILES string of the molecule is CCn1c(=NS(=O)(=O)c2ccc(F)cc2)sc2c(OC)ccc(OC)c21. The van der Waals surface area contributed by atoms with Crippen molar-refractivity contribution in [1.82, 2.24) is 4.57 Å². The normalized spacial score (nSPS) is 12.5. The number of benzene rings is 2. The van der Waals surface area contributed by atoms with Crippen molar-refractivity contribution in [1.29, 1.82) is 0 Å². The molecular formula is C17H17FN2O4S2. The van der Waals surface area contributed by atoms with Crippen LogP contribution in [0.15, 0.2) is 45.7 Å². The third-order valence-electron chi connectivity index (χ3n) is 3.82. The molecule has 0 amide bonds. The first kappa shape index (κ1) is 18.4. The number of fused-ring (bicyclic) bond motifs is 1. The average molecular weight is 396 g/mol. The number of methoxy groups -OCH3 is 2. The quantitative estimate of drug-likeness (QED) is 0.664. The third-order valence-corrected chi connectivity index (χ3v) is 6.31. The summed E-state index contributed by atoms with van der Waals surface area (Å²) in [6.45, 7) is 2.37. The second-order valence-corrected chi connectivity index (χ2v) is 7.88. The number of aryl methyl sites for hydroxylation is 1. The molecule has 3 aromatic rings. The van der Waals surface area contributed by atoms with Crippen molar-refractivity contribution < 1.29 is 22.3 Å². The molecular weight excluding hydrogens is 379 g/mol. The summed E-state index contributed by atoms with van der Waals surface area (Å²) < 4.78 is 55.5. The summed E-state index contributed by atoms with van der Waals surface area (Å²) in [5.41, 5.74) is 0.715. The van der Waals surface area contributed by atoms with Gasteiger partial charge in [0.1, 0.15) is 27.5 Å². The van der Waals surface area contributed by atoms with Gasteiger partial charge in [0.2, 0.25) is 4.80 Å². The van der Waals surface area contributed by atoms with E-state index in [4.69, 9.17) is 9.47 Å². The van der Waals surface area contributed by atoms with Crippen molar-refractivity contribution in [2.45, 2.75) is 18.4 Å². The zero-order valence-corrected chi connectivity index (χ0v) is 16.0. The molecule has 0 N–H and O–H groups in total. The van der Waals surface area contributed by atoms with Gasteiger partial charge in [-0.1, -0.05) is 11.3 Å². The van der Waals surface area contributed by atoms with Crippen molar-refractivity contribution in [2.24, 2.45) is 4.40 Å². The molecule has 0 saturated heterocycles. The Morgan fingerprint density at radius 3 is 2.27 bits per heavy atom. The zero-order chi connectivity index (χ0) is 18.9. The van der Waals surface area contributed by atoms with Crippen LogP contribution in [-0.4, -0.2) is 27.2 Å². The highest BCUT2D eigenvalue weighted by atomic mass is 32.2. The Kier molecular flexibility index (Phi) is 5.01. The van der Waals surface area contributed by atoms with Crippen LogP contribution >= 0.6 is 11.3 Å². The molecule has 0 aliphatic carbocycles. The lowest BCUT2D eigenvalue weighted by atomic mass is 10.3. The summed E-state index contributed by atoms with van der Waals surface area (Å²) in [7, 11) is -0.892. The molecule has 2 aromatic carbocycles. The molecule has 0 aliphatic rings. The van der Waals surface area contributed by atoms with Crippen LogP contribution in [0.2, 0.25) is 0 Å². The Balaban J connectivity index is 2.31. The van der Waals surface area contributed by atoms with Crippen LogP contribution < -0.4 is 14.3 Å². The molecule has 3 rings (SSSR count). The number of hydrogen-bond acceptors (Lipinski definition) is 5. The van der Waals surface area contributed by atoms with E-state index in [2.05, 4.69) is 4.40 Å². The van der Waals surface area contributed by atoms with Crippen LogP contribution in [0.5, 0.6) is 11.5 Å². The van der Waals surface area contributed by atoms with Crippen LogP contribution in [0, 0.1) is 5.82 Å². The number of hydrogen-bond donors (Lipinski definition) is 0. The van der Waals surface area contributed by atoms with Gasteiger partial charge in [0.25, 0.3) is 10.0 Å². The lowest BCUT2D eigenvalue weighted by Crippen LogP contribution is -2.16. The van der Waals surface area contributed by atoms with Crippen molar-refractivity contribution >= 4 is 31.6 Å². The Morgan fingerprint density at radius 2 is 1.69 bits per heavy atom. The summed E-state index contributed by atoms with van der Waals surface area (Å²) >= 11 is 1.19. The molecule has 0 spiro atoms. The number of sulfonamides is 1. The monoisotopic (exact) mass is 396 g/mol. The molecule has 1 heterocycles. The maximum Gasteiger partial charge on any atom is 0.285 e. The molecule has 26 heavy (non-hydrogen) atoms. The Morgan fingerprint density at radius 1 is 1.08 bits per heavy atom. The maximum absolute atomic E-state index is 13.1. The molecule has 0 aliphatic heterocycles. The predicted molar refractivity (Wildman–Crippen MR) is 97.7 cm³/mol. The van der Waals surface area contributed by atoms with Gasteiger partial charge in [0, 0.05) is 6.54 Å². The van der Waals surface area contributed by atoms with Crippen molar-refractivity contribution in [3.8, 4) is 11.5 Å². The topological polar surface area (TPSA) is 69.9 Å². The summed E-state index contributed by atoms with van der Waals surface area (Å²) in [5, 5.41) is 0. The van der Waals surface area contributed by atoms with Crippen LogP contribution in [0.1, 0.15) is 6.92 Å². The van der Waals surface area contributed by atoms with Gasteiger partial charge >= 0.3 is 0 Å². The molecule has 0 bridgehead atoms. The van der Waals surface area contributed by atoms with Crippen molar-refractivity contribution in [2.75, 3.05) is 14.2 Å². The van der Waals surface area contributed by atoms with E-state index < -0.39 is 15.8 Å². The highest BCUT2D eigenvalue weighted by Crippen LogP contribution is 2.35. The van der Waals surface area contributed by atoms with Gasteiger partial charge in [0.15, 0.2) is 0 Å². The number of ether oxygens (including phenoxy) is 2. The molecule has 0 unspecified atom stereocenters.